The van der Waals surface area contributed by atoms with Crippen molar-refractivity contribution in [3.8, 4) is 0 Å². The molecule has 0 spiro atoms. The molecular formula is C22H28N2O5. The molecule has 7 heteroatoms. The first kappa shape index (κ1) is 20.9. The molecule has 2 aliphatic rings. The summed E-state index contributed by atoms with van der Waals surface area (Å²) < 4.78 is 10.1. The van der Waals surface area contributed by atoms with E-state index in [0.29, 0.717) is 30.8 Å². The minimum absolute atomic E-state index is 0.0499. The average molecular weight is 400 g/mol. The van der Waals surface area contributed by atoms with Gasteiger partial charge in [0, 0.05) is 25.3 Å². The average Bonchev–Trinajstić information content (AvgIpc) is 3.35. The Morgan fingerprint density at radius 2 is 1.93 bits per heavy atom. The van der Waals surface area contributed by atoms with Crippen LogP contribution in [0, 0.1) is 17.8 Å². The van der Waals surface area contributed by atoms with Gasteiger partial charge in [-0.25, -0.2) is 9.59 Å². The van der Waals surface area contributed by atoms with Crippen LogP contribution in [0.25, 0.3) is 0 Å². The maximum atomic E-state index is 12.2. The number of hydrogen-bond donors (Lipinski definition) is 2. The second-order valence-corrected chi connectivity index (χ2v) is 7.65. The number of amides is 2. The molecule has 4 atom stereocenters. The zero-order chi connectivity index (χ0) is 20.6. The summed E-state index contributed by atoms with van der Waals surface area (Å²) in [6.07, 6.45) is 6.59. The Morgan fingerprint density at radius 3 is 2.59 bits per heavy atom. The van der Waals surface area contributed by atoms with Crippen LogP contribution in [0.2, 0.25) is 0 Å². The van der Waals surface area contributed by atoms with Gasteiger partial charge in [0.2, 0.25) is 5.91 Å². The van der Waals surface area contributed by atoms with Gasteiger partial charge in [0.05, 0.1) is 13.7 Å². The van der Waals surface area contributed by atoms with Crippen molar-refractivity contribution < 1.29 is 23.9 Å². The summed E-state index contributed by atoms with van der Waals surface area (Å²) in [4.78, 5) is 36.0. The first-order chi connectivity index (χ1) is 14.0. The van der Waals surface area contributed by atoms with Gasteiger partial charge in [0.15, 0.2) is 0 Å². The summed E-state index contributed by atoms with van der Waals surface area (Å²) in [6, 6.07) is 8.61. The number of methoxy groups -OCH3 is 1. The van der Waals surface area contributed by atoms with Crippen molar-refractivity contribution in [3.63, 3.8) is 0 Å². The van der Waals surface area contributed by atoms with Gasteiger partial charge in [-0.2, -0.15) is 0 Å². The van der Waals surface area contributed by atoms with E-state index >= 15 is 0 Å². The number of allylic oxidation sites excluding steroid dienone is 2. The molecule has 0 heterocycles. The van der Waals surface area contributed by atoms with Crippen LogP contribution in [0.1, 0.15) is 24.8 Å². The van der Waals surface area contributed by atoms with Crippen LogP contribution in [0.3, 0.4) is 0 Å². The molecule has 1 saturated carbocycles. The van der Waals surface area contributed by atoms with Gasteiger partial charge >= 0.3 is 12.1 Å². The molecule has 2 amide bonds. The van der Waals surface area contributed by atoms with Crippen LogP contribution in [-0.2, 0) is 25.5 Å². The van der Waals surface area contributed by atoms with E-state index in [0.717, 1.165) is 12.0 Å². The number of carbonyl (C=O) groups excluding carboxylic acids is 3. The molecule has 0 aromatic heterocycles. The fourth-order valence-electron chi connectivity index (χ4n) is 4.05. The highest BCUT2D eigenvalue weighted by Crippen LogP contribution is 2.43. The third-order valence-electron chi connectivity index (χ3n) is 5.57. The van der Waals surface area contributed by atoms with Crippen LogP contribution in [0.5, 0.6) is 0 Å². The minimum Gasteiger partial charge on any atom is -0.467 e. The molecule has 0 aliphatic heterocycles. The molecule has 1 aromatic rings. The Labute approximate surface area is 170 Å². The van der Waals surface area contributed by atoms with E-state index in [1.54, 1.807) is 0 Å². The van der Waals surface area contributed by atoms with Crippen molar-refractivity contribution >= 4 is 18.0 Å². The number of alkyl carbamates (subject to hydrolysis) is 1. The standard InChI is InChI=1S/C22H28N2O5/c1-28-21(26)19(13-15-5-3-2-4-6-15)24-20(25)9-10-23-22(27)29-14-18-12-16-7-8-17(18)11-16/h2-8,16-19H,9-14H2,1H3,(H,23,27)(H,24,25)/t16?,17?,18?,19-/m0/s1. The van der Waals surface area contributed by atoms with Crippen LogP contribution in [0.15, 0.2) is 42.5 Å². The Kier molecular flexibility index (Phi) is 7.27. The second kappa shape index (κ2) is 10.1. The molecule has 2 bridgehead atoms. The Balaban J connectivity index is 1.35. The number of esters is 1. The molecule has 0 saturated heterocycles. The lowest BCUT2D eigenvalue weighted by molar-refractivity contribution is -0.145. The predicted octanol–water partition coefficient (Wildman–Crippen LogP) is 2.22. The molecule has 2 aliphatic carbocycles. The molecule has 29 heavy (non-hydrogen) atoms. The molecule has 7 nitrogen and oxygen atoms in total. The van der Waals surface area contributed by atoms with Gasteiger partial charge < -0.3 is 20.1 Å². The van der Waals surface area contributed by atoms with Crippen LogP contribution in [0.4, 0.5) is 4.79 Å². The first-order valence-electron chi connectivity index (χ1n) is 10.0. The summed E-state index contributed by atoms with van der Waals surface area (Å²) in [5.74, 6) is 0.722. The summed E-state index contributed by atoms with van der Waals surface area (Å²) in [6.45, 7) is 0.547. The highest BCUT2D eigenvalue weighted by atomic mass is 16.5. The fourth-order valence-corrected chi connectivity index (χ4v) is 4.05. The van der Waals surface area contributed by atoms with Gasteiger partial charge in [0.25, 0.3) is 0 Å². The van der Waals surface area contributed by atoms with E-state index in [9.17, 15) is 14.4 Å². The summed E-state index contributed by atoms with van der Waals surface area (Å²) in [5, 5.41) is 5.26. The highest BCUT2D eigenvalue weighted by molar-refractivity contribution is 5.85. The zero-order valence-electron chi connectivity index (χ0n) is 16.6. The van der Waals surface area contributed by atoms with Gasteiger partial charge in [-0.1, -0.05) is 42.5 Å². The fraction of sp³-hybridized carbons (Fsp3) is 0.500. The number of fused-ring (bicyclic) bond motifs is 2. The number of carbonyl (C=O) groups is 3. The third kappa shape index (κ3) is 6.07. The van der Waals surface area contributed by atoms with Gasteiger partial charge in [0.1, 0.15) is 6.04 Å². The maximum absolute atomic E-state index is 12.2. The van der Waals surface area contributed by atoms with Crippen molar-refractivity contribution in [1.29, 1.82) is 0 Å². The quantitative estimate of drug-likeness (QED) is 0.490. The Hall–Kier alpha value is -2.83. The van der Waals surface area contributed by atoms with E-state index in [1.165, 1.54) is 13.5 Å². The normalized spacial score (nSPS) is 22.7. The van der Waals surface area contributed by atoms with Crippen molar-refractivity contribution in [1.82, 2.24) is 10.6 Å². The number of rotatable bonds is 9. The first-order valence-corrected chi connectivity index (χ1v) is 10.0. The van der Waals surface area contributed by atoms with Crippen molar-refractivity contribution in [2.45, 2.75) is 31.7 Å². The Bertz CT molecular complexity index is 749. The lowest BCUT2D eigenvalue weighted by Crippen LogP contribution is -2.44. The van der Waals surface area contributed by atoms with Crippen LogP contribution >= 0.6 is 0 Å². The van der Waals surface area contributed by atoms with E-state index in [-0.39, 0.29) is 18.9 Å². The molecular weight excluding hydrogens is 372 g/mol. The zero-order valence-corrected chi connectivity index (χ0v) is 16.6. The molecule has 2 N–H and O–H groups in total. The number of nitrogens with one attached hydrogen (secondary N) is 2. The topological polar surface area (TPSA) is 93.7 Å². The smallest absolute Gasteiger partial charge is 0.407 e. The number of ether oxygens (including phenoxy) is 2. The highest BCUT2D eigenvalue weighted by Gasteiger charge is 2.36. The minimum atomic E-state index is -0.771. The molecule has 1 aromatic carbocycles. The third-order valence-corrected chi connectivity index (χ3v) is 5.57. The molecule has 3 unspecified atom stereocenters. The molecule has 3 rings (SSSR count). The van der Waals surface area contributed by atoms with E-state index in [2.05, 4.69) is 22.8 Å². The van der Waals surface area contributed by atoms with Gasteiger partial charge in [-0.3, -0.25) is 4.79 Å². The maximum Gasteiger partial charge on any atom is 0.407 e. The summed E-state index contributed by atoms with van der Waals surface area (Å²) in [7, 11) is 1.29. The largest absolute Gasteiger partial charge is 0.467 e. The molecule has 1 fully saturated rings. The van der Waals surface area contributed by atoms with Crippen LogP contribution < -0.4 is 10.6 Å². The van der Waals surface area contributed by atoms with Gasteiger partial charge in [-0.15, -0.1) is 0 Å². The second-order valence-electron chi connectivity index (χ2n) is 7.65. The van der Waals surface area contributed by atoms with Crippen molar-refractivity contribution in [2.24, 2.45) is 17.8 Å². The van der Waals surface area contributed by atoms with Crippen molar-refractivity contribution in [2.75, 3.05) is 20.3 Å². The SMILES string of the molecule is COC(=O)[C@H](Cc1ccccc1)NC(=O)CCNC(=O)OCC1CC2C=CC1C2. The summed E-state index contributed by atoms with van der Waals surface area (Å²) >= 11 is 0. The van der Waals surface area contributed by atoms with Gasteiger partial charge in [-0.05, 0) is 30.2 Å². The lowest BCUT2D eigenvalue weighted by atomic mass is 9.95. The predicted molar refractivity (Wildman–Crippen MR) is 107 cm³/mol. The van der Waals surface area contributed by atoms with E-state index in [4.69, 9.17) is 9.47 Å². The molecule has 0 radical (unpaired) electrons. The monoisotopic (exact) mass is 400 g/mol. The van der Waals surface area contributed by atoms with Crippen LogP contribution in [-0.4, -0.2) is 44.3 Å². The number of benzene rings is 1. The summed E-state index contributed by atoms with van der Waals surface area (Å²) in [5.41, 5.74) is 0.917. The lowest BCUT2D eigenvalue weighted by Gasteiger charge is -2.18. The van der Waals surface area contributed by atoms with E-state index in [1.807, 2.05) is 30.3 Å². The van der Waals surface area contributed by atoms with Crippen molar-refractivity contribution in [3.05, 3.63) is 48.0 Å². The molecule has 156 valence electrons. The Morgan fingerprint density at radius 1 is 1.14 bits per heavy atom. The van der Waals surface area contributed by atoms with E-state index < -0.39 is 18.1 Å². The number of hydrogen-bond acceptors (Lipinski definition) is 5.